The molecule has 2 aliphatic rings. The number of rotatable bonds is 3. The van der Waals surface area contributed by atoms with Crippen LogP contribution in [-0.2, 0) is 10.2 Å². The van der Waals surface area contributed by atoms with E-state index in [0.717, 1.165) is 37.7 Å². The van der Waals surface area contributed by atoms with Crippen molar-refractivity contribution in [1.29, 1.82) is 0 Å². The topological polar surface area (TPSA) is 59.2 Å². The monoisotopic (exact) mass is 343 g/mol. The summed E-state index contributed by atoms with van der Waals surface area (Å²) in [7, 11) is 0. The fourth-order valence-electron chi connectivity index (χ4n) is 4.04. The van der Waals surface area contributed by atoms with E-state index in [1.54, 1.807) is 12.1 Å². The Labute approximate surface area is 146 Å². The highest BCUT2D eigenvalue weighted by Gasteiger charge is 2.48. The number of aryl methyl sites for hydroxylation is 1. The molecule has 2 aromatic rings. The molecule has 6 heteroatoms. The summed E-state index contributed by atoms with van der Waals surface area (Å²) in [5.74, 6) is 1.49. The van der Waals surface area contributed by atoms with Crippen molar-refractivity contribution in [1.82, 2.24) is 15.0 Å². The lowest BCUT2D eigenvalue weighted by Gasteiger charge is -2.45. The number of nitrogens with zero attached hydrogens (tertiary/aromatic N) is 3. The zero-order valence-electron chi connectivity index (χ0n) is 14.4. The van der Waals surface area contributed by atoms with Gasteiger partial charge in [-0.15, -0.1) is 0 Å². The van der Waals surface area contributed by atoms with Crippen LogP contribution in [0.25, 0.3) is 0 Å². The molecule has 5 nitrogen and oxygen atoms in total. The number of hydrogen-bond acceptors (Lipinski definition) is 4. The summed E-state index contributed by atoms with van der Waals surface area (Å²) >= 11 is 0. The number of piperidine rings is 1. The largest absolute Gasteiger partial charge is 0.342 e. The molecule has 0 radical (unpaired) electrons. The number of aromatic nitrogens is 2. The summed E-state index contributed by atoms with van der Waals surface area (Å²) in [6.07, 6.45) is 4.42. The maximum absolute atomic E-state index is 13.2. The predicted octanol–water partition coefficient (Wildman–Crippen LogP) is 3.35. The maximum Gasteiger partial charge on any atom is 0.233 e. The lowest BCUT2D eigenvalue weighted by atomic mass is 9.63. The lowest BCUT2D eigenvalue weighted by Crippen LogP contribution is -2.52. The number of carbonyl (C=O) groups excluding carboxylic acids is 1. The van der Waals surface area contributed by atoms with E-state index in [9.17, 15) is 9.18 Å². The molecular weight excluding hydrogens is 321 g/mol. The summed E-state index contributed by atoms with van der Waals surface area (Å²) in [6.45, 7) is 3.22. The number of amides is 1. The van der Waals surface area contributed by atoms with Gasteiger partial charge in [0, 0.05) is 19.0 Å². The van der Waals surface area contributed by atoms with Gasteiger partial charge in [-0.3, -0.25) is 4.79 Å². The highest BCUT2D eigenvalue weighted by molar-refractivity contribution is 5.89. The zero-order valence-corrected chi connectivity index (χ0v) is 14.4. The molecule has 1 aromatic heterocycles. The van der Waals surface area contributed by atoms with Gasteiger partial charge >= 0.3 is 0 Å². The number of hydrogen-bond donors (Lipinski definition) is 0. The summed E-state index contributed by atoms with van der Waals surface area (Å²) in [4.78, 5) is 19.5. The molecule has 1 saturated carbocycles. The van der Waals surface area contributed by atoms with Crippen LogP contribution in [-0.4, -0.2) is 34.0 Å². The van der Waals surface area contributed by atoms with Crippen molar-refractivity contribution in [2.75, 3.05) is 13.1 Å². The van der Waals surface area contributed by atoms with Crippen LogP contribution in [0.2, 0.25) is 0 Å². The van der Waals surface area contributed by atoms with Crippen molar-refractivity contribution in [3.05, 3.63) is 47.4 Å². The van der Waals surface area contributed by atoms with E-state index in [1.807, 2.05) is 11.8 Å². The number of likely N-dealkylation sites (tertiary alicyclic amines) is 1. The molecule has 1 aliphatic carbocycles. The molecule has 0 atom stereocenters. The highest BCUT2D eigenvalue weighted by atomic mass is 19.1. The number of halogens is 1. The minimum atomic E-state index is -0.457. The van der Waals surface area contributed by atoms with Crippen LogP contribution >= 0.6 is 0 Å². The van der Waals surface area contributed by atoms with Crippen molar-refractivity contribution in [3.63, 3.8) is 0 Å². The lowest BCUT2D eigenvalue weighted by molar-refractivity contribution is -0.142. The molecule has 25 heavy (non-hydrogen) atoms. The van der Waals surface area contributed by atoms with E-state index >= 15 is 0 Å². The van der Waals surface area contributed by atoms with Gasteiger partial charge in [0.25, 0.3) is 0 Å². The van der Waals surface area contributed by atoms with E-state index in [4.69, 9.17) is 4.52 Å². The van der Waals surface area contributed by atoms with Crippen molar-refractivity contribution in [2.24, 2.45) is 0 Å². The Hall–Kier alpha value is -2.24. The molecule has 2 heterocycles. The van der Waals surface area contributed by atoms with E-state index in [0.29, 0.717) is 24.8 Å². The Bertz CT molecular complexity index is 759. The average Bonchev–Trinajstić information content (AvgIpc) is 3.02. The molecule has 0 bridgehead atoms. The standard InChI is InChI=1S/C19H22FN3O2/c1-13-21-17(25-22-13)14-7-11-23(12-8-14)18(24)19(9-2-10-19)15-3-5-16(20)6-4-15/h3-6,14H,2,7-12H2,1H3. The normalized spacial score (nSPS) is 20.3. The first-order chi connectivity index (χ1) is 12.1. The van der Waals surface area contributed by atoms with Crippen LogP contribution in [0.4, 0.5) is 4.39 Å². The van der Waals surface area contributed by atoms with Gasteiger partial charge in [-0.25, -0.2) is 4.39 Å². The first-order valence-electron chi connectivity index (χ1n) is 8.94. The summed E-state index contributed by atoms with van der Waals surface area (Å²) in [6, 6.07) is 6.43. The van der Waals surface area contributed by atoms with Crippen LogP contribution in [0.3, 0.4) is 0 Å². The molecular formula is C19H22FN3O2. The van der Waals surface area contributed by atoms with E-state index < -0.39 is 5.41 Å². The van der Waals surface area contributed by atoms with E-state index in [1.165, 1.54) is 12.1 Å². The minimum Gasteiger partial charge on any atom is -0.342 e. The molecule has 4 rings (SSSR count). The van der Waals surface area contributed by atoms with Gasteiger partial charge < -0.3 is 9.42 Å². The number of benzene rings is 1. The second-order valence-corrected chi connectivity index (χ2v) is 7.19. The van der Waals surface area contributed by atoms with E-state index in [2.05, 4.69) is 10.1 Å². The van der Waals surface area contributed by atoms with Crippen molar-refractivity contribution in [3.8, 4) is 0 Å². The third kappa shape index (κ3) is 2.83. The summed E-state index contributed by atoms with van der Waals surface area (Å²) in [5.41, 5.74) is 0.488. The summed E-state index contributed by atoms with van der Waals surface area (Å²) in [5, 5.41) is 3.86. The summed E-state index contributed by atoms with van der Waals surface area (Å²) < 4.78 is 18.5. The Morgan fingerprint density at radius 1 is 1.24 bits per heavy atom. The smallest absolute Gasteiger partial charge is 0.233 e. The Kier molecular flexibility index (Phi) is 4.06. The molecule has 0 N–H and O–H groups in total. The quantitative estimate of drug-likeness (QED) is 0.857. The van der Waals surface area contributed by atoms with Gasteiger partial charge in [-0.1, -0.05) is 23.7 Å². The van der Waals surface area contributed by atoms with Crippen LogP contribution in [0.1, 0.15) is 55.3 Å². The molecule has 0 unspecified atom stereocenters. The Balaban J connectivity index is 1.47. The average molecular weight is 343 g/mol. The molecule has 1 aliphatic heterocycles. The second-order valence-electron chi connectivity index (χ2n) is 7.19. The second kappa shape index (κ2) is 6.24. The molecule has 1 aromatic carbocycles. The van der Waals surface area contributed by atoms with Crippen molar-refractivity contribution >= 4 is 5.91 Å². The van der Waals surface area contributed by atoms with Crippen LogP contribution in [0, 0.1) is 12.7 Å². The van der Waals surface area contributed by atoms with Crippen molar-refractivity contribution < 1.29 is 13.7 Å². The van der Waals surface area contributed by atoms with Gasteiger partial charge in [0.1, 0.15) is 5.82 Å². The third-order valence-electron chi connectivity index (χ3n) is 5.69. The Morgan fingerprint density at radius 2 is 1.92 bits per heavy atom. The third-order valence-corrected chi connectivity index (χ3v) is 5.69. The fraction of sp³-hybridized carbons (Fsp3) is 0.526. The number of carbonyl (C=O) groups is 1. The van der Waals surface area contributed by atoms with Gasteiger partial charge in [0.2, 0.25) is 11.8 Å². The molecule has 0 spiro atoms. The van der Waals surface area contributed by atoms with Crippen molar-refractivity contribution in [2.45, 2.75) is 50.4 Å². The molecule has 1 saturated heterocycles. The predicted molar refractivity (Wildman–Crippen MR) is 89.5 cm³/mol. The molecule has 132 valence electrons. The van der Waals surface area contributed by atoms with Gasteiger partial charge in [-0.05, 0) is 50.3 Å². The SMILES string of the molecule is Cc1noc(C2CCN(C(=O)C3(c4ccc(F)cc4)CCC3)CC2)n1. The maximum atomic E-state index is 13.2. The molecule has 1 amide bonds. The van der Waals surface area contributed by atoms with Crippen LogP contribution in [0.5, 0.6) is 0 Å². The van der Waals surface area contributed by atoms with Gasteiger partial charge in [-0.2, -0.15) is 4.98 Å². The highest BCUT2D eigenvalue weighted by Crippen LogP contribution is 2.46. The van der Waals surface area contributed by atoms with Crippen LogP contribution < -0.4 is 0 Å². The first-order valence-corrected chi connectivity index (χ1v) is 8.94. The minimum absolute atomic E-state index is 0.186. The van der Waals surface area contributed by atoms with Gasteiger partial charge in [0.15, 0.2) is 5.82 Å². The molecule has 2 fully saturated rings. The Morgan fingerprint density at radius 3 is 2.44 bits per heavy atom. The van der Waals surface area contributed by atoms with Gasteiger partial charge in [0.05, 0.1) is 5.41 Å². The van der Waals surface area contributed by atoms with E-state index in [-0.39, 0.29) is 17.6 Å². The van der Waals surface area contributed by atoms with Crippen LogP contribution in [0.15, 0.2) is 28.8 Å². The fourth-order valence-corrected chi connectivity index (χ4v) is 4.04. The first kappa shape index (κ1) is 16.2. The zero-order chi connectivity index (χ0) is 17.4.